The predicted octanol–water partition coefficient (Wildman–Crippen LogP) is 3.45. The number of nitrogen functional groups attached to an aromatic ring is 1. The van der Waals surface area contributed by atoms with Gasteiger partial charge < -0.3 is 11.1 Å². The molecule has 0 bridgehead atoms. The second kappa shape index (κ2) is 5.65. The van der Waals surface area contributed by atoms with E-state index in [4.69, 9.17) is 5.73 Å². The summed E-state index contributed by atoms with van der Waals surface area (Å²) < 4.78 is 0. The summed E-state index contributed by atoms with van der Waals surface area (Å²) in [4.78, 5) is 8.65. The fourth-order valence-electron chi connectivity index (χ4n) is 2.99. The Labute approximate surface area is 119 Å². The van der Waals surface area contributed by atoms with Gasteiger partial charge in [0.05, 0.1) is 5.52 Å². The van der Waals surface area contributed by atoms with Crippen LogP contribution in [0.4, 0.5) is 11.5 Å². The molecule has 1 saturated carbocycles. The number of hydrogen-bond donors (Lipinski definition) is 2. The third-order valence-corrected chi connectivity index (χ3v) is 4.35. The largest absolute Gasteiger partial charge is 0.399 e. The van der Waals surface area contributed by atoms with Crippen LogP contribution < -0.4 is 11.1 Å². The molecule has 3 rings (SSSR count). The Morgan fingerprint density at radius 1 is 1.20 bits per heavy atom. The molecule has 106 valence electrons. The first-order valence-electron chi connectivity index (χ1n) is 7.46. The molecule has 1 aliphatic carbocycles. The molecule has 0 amide bonds. The smallest absolute Gasteiger partial charge is 0.137 e. The Morgan fingerprint density at radius 2 is 2.00 bits per heavy atom. The molecular weight excluding hydrogens is 248 g/mol. The van der Waals surface area contributed by atoms with Gasteiger partial charge in [-0.3, -0.25) is 0 Å². The van der Waals surface area contributed by atoms with E-state index in [9.17, 15) is 0 Å². The zero-order valence-electron chi connectivity index (χ0n) is 12.0. The van der Waals surface area contributed by atoms with Gasteiger partial charge in [0.25, 0.3) is 0 Å². The van der Waals surface area contributed by atoms with Crippen LogP contribution in [-0.4, -0.2) is 16.5 Å². The molecular formula is C16H22N4. The van der Waals surface area contributed by atoms with Gasteiger partial charge in [0.2, 0.25) is 0 Å². The van der Waals surface area contributed by atoms with Crippen LogP contribution in [0.3, 0.4) is 0 Å². The average Bonchev–Trinajstić information content (AvgIpc) is 2.46. The highest BCUT2D eigenvalue weighted by Gasteiger charge is 2.18. The van der Waals surface area contributed by atoms with Crippen LogP contribution in [0.1, 0.15) is 32.6 Å². The summed E-state index contributed by atoms with van der Waals surface area (Å²) >= 11 is 0. The standard InChI is InChI=1S/C16H22N4/c1-11-2-4-12(5-3-11)9-18-16-14-7-6-13(17)8-15(14)19-10-20-16/h6-8,10-12H,2-5,9,17H2,1H3,(H,18,19,20). The van der Waals surface area contributed by atoms with Crippen molar-refractivity contribution in [3.05, 3.63) is 24.5 Å². The monoisotopic (exact) mass is 270 g/mol. The molecule has 3 N–H and O–H groups in total. The fraction of sp³-hybridized carbons (Fsp3) is 0.500. The van der Waals surface area contributed by atoms with Crippen molar-refractivity contribution >= 4 is 22.4 Å². The number of nitrogens with one attached hydrogen (secondary N) is 1. The van der Waals surface area contributed by atoms with Crippen molar-refractivity contribution in [3.8, 4) is 0 Å². The minimum atomic E-state index is 0.739. The summed E-state index contributed by atoms with van der Waals surface area (Å²) in [7, 11) is 0. The van der Waals surface area contributed by atoms with E-state index in [0.717, 1.165) is 40.8 Å². The number of aromatic nitrogens is 2. The molecule has 1 aromatic heterocycles. The zero-order valence-corrected chi connectivity index (χ0v) is 12.0. The first-order valence-corrected chi connectivity index (χ1v) is 7.46. The Bertz CT molecular complexity index is 588. The average molecular weight is 270 g/mol. The van der Waals surface area contributed by atoms with Gasteiger partial charge in [-0.25, -0.2) is 9.97 Å². The van der Waals surface area contributed by atoms with Crippen LogP contribution in [0.5, 0.6) is 0 Å². The minimum absolute atomic E-state index is 0.739. The molecule has 0 unspecified atom stereocenters. The van der Waals surface area contributed by atoms with E-state index in [2.05, 4.69) is 22.2 Å². The number of nitrogens with two attached hydrogens (primary N) is 1. The first-order chi connectivity index (χ1) is 9.72. The van der Waals surface area contributed by atoms with Crippen molar-refractivity contribution in [1.29, 1.82) is 0 Å². The highest BCUT2D eigenvalue weighted by Crippen LogP contribution is 2.29. The number of anilines is 2. The minimum Gasteiger partial charge on any atom is -0.399 e. The molecule has 0 saturated heterocycles. The SMILES string of the molecule is CC1CCC(CNc2ncnc3cc(N)ccc23)CC1. The molecule has 4 heteroatoms. The van der Waals surface area contributed by atoms with Gasteiger partial charge in [-0.05, 0) is 42.9 Å². The van der Waals surface area contributed by atoms with Crippen molar-refractivity contribution in [3.63, 3.8) is 0 Å². The second-order valence-corrected chi connectivity index (χ2v) is 6.01. The van der Waals surface area contributed by atoms with Crippen LogP contribution >= 0.6 is 0 Å². The summed E-state index contributed by atoms with van der Waals surface area (Å²) in [6.07, 6.45) is 6.96. The maximum atomic E-state index is 5.80. The van der Waals surface area contributed by atoms with Crippen molar-refractivity contribution in [2.24, 2.45) is 11.8 Å². The van der Waals surface area contributed by atoms with Gasteiger partial charge >= 0.3 is 0 Å². The Balaban J connectivity index is 1.71. The third-order valence-electron chi connectivity index (χ3n) is 4.35. The summed E-state index contributed by atoms with van der Waals surface area (Å²) in [5.74, 6) is 2.59. The lowest BCUT2D eigenvalue weighted by Gasteiger charge is -2.26. The van der Waals surface area contributed by atoms with E-state index in [1.54, 1.807) is 6.33 Å². The van der Waals surface area contributed by atoms with Gasteiger partial charge in [0.15, 0.2) is 0 Å². The highest BCUT2D eigenvalue weighted by atomic mass is 15.0. The number of rotatable bonds is 3. The van der Waals surface area contributed by atoms with Crippen molar-refractivity contribution in [1.82, 2.24) is 9.97 Å². The van der Waals surface area contributed by atoms with Crippen LogP contribution in [0.25, 0.3) is 10.9 Å². The molecule has 0 atom stereocenters. The third kappa shape index (κ3) is 2.84. The molecule has 1 heterocycles. The zero-order chi connectivity index (χ0) is 13.9. The molecule has 0 spiro atoms. The van der Waals surface area contributed by atoms with Crippen LogP contribution in [0.2, 0.25) is 0 Å². The summed E-state index contributed by atoms with van der Waals surface area (Å²) in [5.41, 5.74) is 7.44. The Kier molecular flexibility index (Phi) is 3.72. The van der Waals surface area contributed by atoms with Crippen molar-refractivity contribution in [2.45, 2.75) is 32.6 Å². The van der Waals surface area contributed by atoms with Crippen LogP contribution in [0.15, 0.2) is 24.5 Å². The van der Waals surface area contributed by atoms with E-state index < -0.39 is 0 Å². The lowest BCUT2D eigenvalue weighted by molar-refractivity contribution is 0.300. The summed E-state index contributed by atoms with van der Waals surface area (Å²) in [6.45, 7) is 3.36. The Morgan fingerprint density at radius 3 is 2.80 bits per heavy atom. The maximum Gasteiger partial charge on any atom is 0.137 e. The van der Waals surface area contributed by atoms with Gasteiger partial charge in [0.1, 0.15) is 12.1 Å². The van der Waals surface area contributed by atoms with Gasteiger partial charge in [0, 0.05) is 17.6 Å². The lowest BCUT2D eigenvalue weighted by atomic mass is 9.83. The molecule has 0 radical (unpaired) electrons. The van der Waals surface area contributed by atoms with E-state index in [1.165, 1.54) is 25.7 Å². The van der Waals surface area contributed by atoms with Crippen LogP contribution in [0, 0.1) is 11.8 Å². The van der Waals surface area contributed by atoms with Gasteiger partial charge in [-0.15, -0.1) is 0 Å². The molecule has 20 heavy (non-hydrogen) atoms. The lowest BCUT2D eigenvalue weighted by Crippen LogP contribution is -2.20. The summed E-state index contributed by atoms with van der Waals surface area (Å²) in [6, 6.07) is 5.79. The van der Waals surface area contributed by atoms with Gasteiger partial charge in [-0.1, -0.05) is 19.8 Å². The predicted molar refractivity (Wildman–Crippen MR) is 83.6 cm³/mol. The number of nitrogens with zero attached hydrogens (tertiary/aromatic N) is 2. The van der Waals surface area contributed by atoms with E-state index in [-0.39, 0.29) is 0 Å². The quantitative estimate of drug-likeness (QED) is 0.838. The number of fused-ring (bicyclic) bond motifs is 1. The van der Waals surface area contributed by atoms with Crippen LogP contribution in [-0.2, 0) is 0 Å². The molecule has 1 fully saturated rings. The topological polar surface area (TPSA) is 63.8 Å². The fourth-order valence-corrected chi connectivity index (χ4v) is 2.99. The first kappa shape index (κ1) is 13.2. The molecule has 0 aliphatic heterocycles. The normalized spacial score (nSPS) is 22.9. The van der Waals surface area contributed by atoms with Crippen molar-refractivity contribution < 1.29 is 0 Å². The molecule has 1 aliphatic rings. The molecule has 1 aromatic carbocycles. The highest BCUT2D eigenvalue weighted by molar-refractivity contribution is 5.90. The van der Waals surface area contributed by atoms with E-state index in [1.807, 2.05) is 18.2 Å². The maximum absolute atomic E-state index is 5.80. The molecule has 2 aromatic rings. The summed E-state index contributed by atoms with van der Waals surface area (Å²) in [5, 5.41) is 4.55. The number of hydrogen-bond acceptors (Lipinski definition) is 4. The van der Waals surface area contributed by atoms with E-state index >= 15 is 0 Å². The second-order valence-electron chi connectivity index (χ2n) is 6.01. The van der Waals surface area contributed by atoms with Crippen molar-refractivity contribution in [2.75, 3.05) is 17.6 Å². The number of benzene rings is 1. The van der Waals surface area contributed by atoms with E-state index in [0.29, 0.717) is 0 Å². The molecule has 4 nitrogen and oxygen atoms in total. The Hall–Kier alpha value is -1.84. The van der Waals surface area contributed by atoms with Gasteiger partial charge in [-0.2, -0.15) is 0 Å².